The molecule has 1 heterocycles. The smallest absolute Gasteiger partial charge is 0.328 e. The molecule has 2 aromatic rings. The third-order valence-electron chi connectivity index (χ3n) is 3.30. The Labute approximate surface area is 128 Å². The number of urea groups is 1. The first-order chi connectivity index (χ1) is 10.4. The van der Waals surface area contributed by atoms with Crippen LogP contribution in [0.4, 0.5) is 10.5 Å². The van der Waals surface area contributed by atoms with Crippen LogP contribution in [0.3, 0.4) is 0 Å². The second-order valence-corrected chi connectivity index (χ2v) is 4.99. The summed E-state index contributed by atoms with van der Waals surface area (Å²) in [5.74, 6) is -0.352. The fraction of sp³-hybridized carbons (Fsp3) is 0.333. The summed E-state index contributed by atoms with van der Waals surface area (Å²) >= 11 is 0. The van der Waals surface area contributed by atoms with Crippen molar-refractivity contribution in [3.8, 4) is 0 Å². The van der Waals surface area contributed by atoms with Crippen molar-refractivity contribution in [2.45, 2.75) is 20.8 Å². The first-order valence-electron chi connectivity index (χ1n) is 6.96. The number of amides is 3. The van der Waals surface area contributed by atoms with Gasteiger partial charge in [-0.2, -0.15) is 0 Å². The number of carbonyl (C=O) groups excluding carboxylic acids is 2. The highest BCUT2D eigenvalue weighted by Gasteiger charge is 2.17. The Morgan fingerprint density at radius 2 is 1.82 bits per heavy atom. The van der Waals surface area contributed by atoms with Gasteiger partial charge < -0.3 is 11.1 Å². The van der Waals surface area contributed by atoms with Gasteiger partial charge in [0.1, 0.15) is 0 Å². The van der Waals surface area contributed by atoms with E-state index in [0.29, 0.717) is 11.2 Å². The lowest BCUT2D eigenvalue weighted by Gasteiger charge is -2.18. The van der Waals surface area contributed by atoms with Crippen molar-refractivity contribution < 1.29 is 9.59 Å². The molecular formula is C15H19N5O2. The van der Waals surface area contributed by atoms with E-state index in [9.17, 15) is 9.59 Å². The van der Waals surface area contributed by atoms with Crippen molar-refractivity contribution in [1.82, 2.24) is 14.9 Å². The van der Waals surface area contributed by atoms with Gasteiger partial charge >= 0.3 is 6.03 Å². The highest BCUT2D eigenvalue weighted by atomic mass is 16.2. The van der Waals surface area contributed by atoms with Gasteiger partial charge in [-0.05, 0) is 32.0 Å². The number of benzene rings is 1. The van der Waals surface area contributed by atoms with E-state index in [0.717, 1.165) is 21.8 Å². The molecule has 0 fully saturated rings. The predicted octanol–water partition coefficient (Wildman–Crippen LogP) is 1.59. The SMILES string of the molecule is CC(=O)N(CCN)C(=O)Nc1ccc2nc(C)c(C)nc2c1. The molecule has 0 saturated heterocycles. The van der Waals surface area contributed by atoms with E-state index in [2.05, 4.69) is 15.3 Å². The summed E-state index contributed by atoms with van der Waals surface area (Å²) in [4.78, 5) is 33.5. The van der Waals surface area contributed by atoms with Crippen LogP contribution in [0.2, 0.25) is 0 Å². The number of nitrogens with zero attached hydrogens (tertiary/aromatic N) is 3. The first-order valence-corrected chi connectivity index (χ1v) is 6.96. The maximum Gasteiger partial charge on any atom is 0.328 e. The Hall–Kier alpha value is -2.54. The Balaban J connectivity index is 2.26. The maximum absolute atomic E-state index is 12.1. The second kappa shape index (κ2) is 6.48. The summed E-state index contributed by atoms with van der Waals surface area (Å²) in [7, 11) is 0. The van der Waals surface area contributed by atoms with Crippen LogP contribution in [0.5, 0.6) is 0 Å². The van der Waals surface area contributed by atoms with Crippen molar-refractivity contribution in [3.05, 3.63) is 29.6 Å². The normalized spacial score (nSPS) is 10.5. The molecule has 0 saturated carbocycles. The lowest BCUT2D eigenvalue weighted by molar-refractivity contribution is -0.125. The monoisotopic (exact) mass is 301 g/mol. The topological polar surface area (TPSA) is 101 Å². The van der Waals surface area contributed by atoms with Crippen LogP contribution in [0.25, 0.3) is 11.0 Å². The minimum atomic E-state index is -0.505. The Kier molecular flexibility index (Phi) is 4.67. The zero-order chi connectivity index (χ0) is 16.3. The average molecular weight is 301 g/mol. The molecule has 7 heteroatoms. The number of fused-ring (bicyclic) bond motifs is 1. The van der Waals surface area contributed by atoms with Gasteiger partial charge in [0.15, 0.2) is 0 Å². The van der Waals surface area contributed by atoms with Gasteiger partial charge in [-0.25, -0.2) is 14.8 Å². The first kappa shape index (κ1) is 15.8. The molecule has 0 aliphatic carbocycles. The van der Waals surface area contributed by atoms with E-state index >= 15 is 0 Å². The molecule has 7 nitrogen and oxygen atoms in total. The van der Waals surface area contributed by atoms with Gasteiger partial charge in [0.2, 0.25) is 5.91 Å². The molecule has 3 N–H and O–H groups in total. The number of hydrogen-bond acceptors (Lipinski definition) is 5. The molecule has 0 bridgehead atoms. The van der Waals surface area contributed by atoms with Gasteiger partial charge in [-0.15, -0.1) is 0 Å². The number of rotatable bonds is 3. The summed E-state index contributed by atoms with van der Waals surface area (Å²) in [6.07, 6.45) is 0. The number of anilines is 1. The Morgan fingerprint density at radius 1 is 1.18 bits per heavy atom. The average Bonchev–Trinajstić information content (AvgIpc) is 2.45. The predicted molar refractivity (Wildman–Crippen MR) is 84.5 cm³/mol. The van der Waals surface area contributed by atoms with Crippen LogP contribution in [0.1, 0.15) is 18.3 Å². The quantitative estimate of drug-likeness (QED) is 0.896. The van der Waals surface area contributed by atoms with Crippen molar-refractivity contribution >= 4 is 28.7 Å². The van der Waals surface area contributed by atoms with E-state index in [4.69, 9.17) is 5.73 Å². The fourth-order valence-electron chi connectivity index (χ4n) is 2.03. The standard InChI is InChI=1S/C15H19N5O2/c1-9-10(2)18-14-8-12(4-5-13(14)17-9)19-15(22)20(7-6-16)11(3)21/h4-5,8H,6-7,16H2,1-3H3,(H,19,22). The summed E-state index contributed by atoms with van der Waals surface area (Å²) in [6.45, 7) is 5.50. The number of nitrogens with one attached hydrogen (secondary N) is 1. The number of aryl methyl sites for hydroxylation is 2. The molecule has 1 aromatic carbocycles. The molecule has 3 amide bonds. The van der Waals surface area contributed by atoms with Crippen molar-refractivity contribution in [1.29, 1.82) is 0 Å². The van der Waals surface area contributed by atoms with E-state index in [1.807, 2.05) is 13.8 Å². The number of nitrogens with two attached hydrogens (primary N) is 1. The van der Waals surface area contributed by atoms with E-state index in [-0.39, 0.29) is 19.0 Å². The van der Waals surface area contributed by atoms with Crippen molar-refractivity contribution in [3.63, 3.8) is 0 Å². The van der Waals surface area contributed by atoms with Gasteiger partial charge in [0, 0.05) is 25.7 Å². The molecule has 1 aromatic heterocycles. The third kappa shape index (κ3) is 3.37. The Morgan fingerprint density at radius 3 is 2.41 bits per heavy atom. The lowest BCUT2D eigenvalue weighted by atomic mass is 10.2. The largest absolute Gasteiger partial charge is 0.329 e. The fourth-order valence-corrected chi connectivity index (χ4v) is 2.03. The summed E-state index contributed by atoms with van der Waals surface area (Å²) in [5.41, 5.74) is 9.12. The minimum Gasteiger partial charge on any atom is -0.329 e. The van der Waals surface area contributed by atoms with Crippen LogP contribution < -0.4 is 11.1 Å². The third-order valence-corrected chi connectivity index (χ3v) is 3.30. The summed E-state index contributed by atoms with van der Waals surface area (Å²) in [5, 5.41) is 2.68. The molecule has 0 aliphatic heterocycles. The number of aromatic nitrogens is 2. The van der Waals surface area contributed by atoms with Crippen molar-refractivity contribution in [2.75, 3.05) is 18.4 Å². The van der Waals surface area contributed by atoms with E-state index in [1.165, 1.54) is 6.92 Å². The second-order valence-electron chi connectivity index (χ2n) is 4.99. The molecule has 0 spiro atoms. The van der Waals surface area contributed by atoms with Gasteiger partial charge in [-0.3, -0.25) is 9.69 Å². The molecule has 0 radical (unpaired) electrons. The molecular weight excluding hydrogens is 282 g/mol. The molecule has 0 unspecified atom stereocenters. The van der Waals surface area contributed by atoms with Crippen LogP contribution in [0.15, 0.2) is 18.2 Å². The molecule has 2 rings (SSSR count). The number of carbonyl (C=O) groups is 2. The van der Waals surface area contributed by atoms with Crippen LogP contribution >= 0.6 is 0 Å². The molecule has 116 valence electrons. The highest BCUT2D eigenvalue weighted by Crippen LogP contribution is 2.18. The molecule has 0 atom stereocenters. The zero-order valence-electron chi connectivity index (χ0n) is 12.9. The van der Waals surface area contributed by atoms with Gasteiger partial charge in [0.05, 0.1) is 22.4 Å². The van der Waals surface area contributed by atoms with Crippen molar-refractivity contribution in [2.24, 2.45) is 5.73 Å². The van der Waals surface area contributed by atoms with Crippen LogP contribution in [-0.2, 0) is 4.79 Å². The number of imide groups is 1. The Bertz CT molecular complexity index is 729. The summed E-state index contributed by atoms with van der Waals surface area (Å²) < 4.78 is 0. The zero-order valence-corrected chi connectivity index (χ0v) is 12.9. The van der Waals surface area contributed by atoms with E-state index in [1.54, 1.807) is 18.2 Å². The molecule has 22 heavy (non-hydrogen) atoms. The highest BCUT2D eigenvalue weighted by molar-refractivity contribution is 6.01. The van der Waals surface area contributed by atoms with E-state index < -0.39 is 6.03 Å². The van der Waals surface area contributed by atoms with Gasteiger partial charge in [0.25, 0.3) is 0 Å². The van der Waals surface area contributed by atoms with Gasteiger partial charge in [-0.1, -0.05) is 0 Å². The number of hydrogen-bond donors (Lipinski definition) is 2. The lowest BCUT2D eigenvalue weighted by Crippen LogP contribution is -2.41. The summed E-state index contributed by atoms with van der Waals surface area (Å²) in [6, 6.07) is 4.73. The van der Waals surface area contributed by atoms with Crippen LogP contribution in [-0.4, -0.2) is 39.9 Å². The molecule has 0 aliphatic rings. The maximum atomic E-state index is 12.1. The van der Waals surface area contributed by atoms with Crippen LogP contribution in [0, 0.1) is 13.8 Å². The minimum absolute atomic E-state index is 0.173.